The summed E-state index contributed by atoms with van der Waals surface area (Å²) in [6.07, 6.45) is 0.607. The van der Waals surface area contributed by atoms with Crippen molar-refractivity contribution in [2.45, 2.75) is 17.9 Å². The number of anilines is 1. The van der Waals surface area contributed by atoms with Crippen LogP contribution in [0, 0.1) is 0 Å². The van der Waals surface area contributed by atoms with Crippen molar-refractivity contribution in [2.24, 2.45) is 0 Å². The van der Waals surface area contributed by atoms with Crippen LogP contribution < -0.4 is 4.90 Å². The number of nitrogens with zero attached hydrogens (tertiary/aromatic N) is 1. The first-order valence-corrected chi connectivity index (χ1v) is 7.05. The van der Waals surface area contributed by atoms with Crippen molar-refractivity contribution in [1.82, 2.24) is 0 Å². The molecule has 1 heterocycles. The molecule has 1 aliphatic heterocycles. The third kappa shape index (κ3) is 2.41. The Balaban J connectivity index is 2.28. The fourth-order valence-electron chi connectivity index (χ4n) is 1.69. The molecule has 0 aromatic heterocycles. The van der Waals surface area contributed by atoms with Crippen LogP contribution in [0.15, 0.2) is 29.2 Å². The number of rotatable bonds is 2. The molecule has 1 aromatic carbocycles. The van der Waals surface area contributed by atoms with Gasteiger partial charge in [-0.2, -0.15) is 0 Å². The molecule has 0 spiro atoms. The molecule has 0 N–H and O–H groups in total. The van der Waals surface area contributed by atoms with Crippen molar-refractivity contribution < 1.29 is 17.9 Å². The SMILES string of the molecule is C[C@H]1CN(c2ccc(S(C)(=O)=O)cc2)C(=O)O1. The van der Waals surface area contributed by atoms with E-state index in [4.69, 9.17) is 4.74 Å². The first kappa shape index (κ1) is 11.9. The zero-order valence-electron chi connectivity index (χ0n) is 9.58. The Morgan fingerprint density at radius 2 is 1.88 bits per heavy atom. The lowest BCUT2D eigenvalue weighted by Gasteiger charge is -2.12. The van der Waals surface area contributed by atoms with E-state index in [2.05, 4.69) is 0 Å². The highest BCUT2D eigenvalue weighted by Gasteiger charge is 2.29. The first-order valence-electron chi connectivity index (χ1n) is 5.16. The van der Waals surface area contributed by atoms with E-state index in [1.165, 1.54) is 17.0 Å². The largest absolute Gasteiger partial charge is 0.444 e. The summed E-state index contributed by atoms with van der Waals surface area (Å²) in [5.74, 6) is 0. The van der Waals surface area contributed by atoms with Gasteiger partial charge in [0.15, 0.2) is 9.84 Å². The van der Waals surface area contributed by atoms with Crippen LogP contribution in [-0.2, 0) is 14.6 Å². The number of carbonyl (C=O) groups is 1. The van der Waals surface area contributed by atoms with Gasteiger partial charge in [-0.3, -0.25) is 4.90 Å². The van der Waals surface area contributed by atoms with E-state index in [0.717, 1.165) is 6.26 Å². The van der Waals surface area contributed by atoms with Crippen LogP contribution in [0.1, 0.15) is 6.92 Å². The fraction of sp³-hybridized carbons (Fsp3) is 0.364. The van der Waals surface area contributed by atoms with Gasteiger partial charge < -0.3 is 4.74 Å². The quantitative estimate of drug-likeness (QED) is 0.802. The Morgan fingerprint density at radius 1 is 1.29 bits per heavy atom. The second-order valence-electron chi connectivity index (χ2n) is 4.07. The van der Waals surface area contributed by atoms with Crippen molar-refractivity contribution in [2.75, 3.05) is 17.7 Å². The highest BCUT2D eigenvalue weighted by molar-refractivity contribution is 7.90. The Morgan fingerprint density at radius 3 is 2.29 bits per heavy atom. The normalized spacial score (nSPS) is 20.5. The molecule has 1 amide bonds. The van der Waals surface area contributed by atoms with Gasteiger partial charge in [-0.05, 0) is 31.2 Å². The van der Waals surface area contributed by atoms with E-state index in [9.17, 15) is 13.2 Å². The van der Waals surface area contributed by atoms with Gasteiger partial charge in [-0.1, -0.05) is 0 Å². The number of benzene rings is 1. The average Bonchev–Trinajstić information content (AvgIpc) is 2.57. The lowest BCUT2D eigenvalue weighted by molar-refractivity contribution is 0.150. The summed E-state index contributed by atoms with van der Waals surface area (Å²) in [7, 11) is -3.20. The first-order chi connectivity index (χ1) is 7.88. The molecule has 2 rings (SSSR count). The fourth-order valence-corrected chi connectivity index (χ4v) is 2.32. The molecule has 1 fully saturated rings. The number of ether oxygens (including phenoxy) is 1. The van der Waals surface area contributed by atoms with E-state index >= 15 is 0 Å². The Kier molecular flexibility index (Phi) is 2.82. The predicted octanol–water partition coefficient (Wildman–Crippen LogP) is 1.44. The maximum Gasteiger partial charge on any atom is 0.414 e. The Labute approximate surface area is 99.9 Å². The summed E-state index contributed by atoms with van der Waals surface area (Å²) < 4.78 is 27.5. The van der Waals surface area contributed by atoms with Crippen LogP contribution in [0.5, 0.6) is 0 Å². The molecule has 0 bridgehead atoms. The molecule has 0 aliphatic carbocycles. The second kappa shape index (κ2) is 4.03. The van der Waals surface area contributed by atoms with Gasteiger partial charge in [-0.15, -0.1) is 0 Å². The van der Waals surface area contributed by atoms with Crippen molar-refractivity contribution >= 4 is 21.6 Å². The molecule has 17 heavy (non-hydrogen) atoms. The highest BCUT2D eigenvalue weighted by Crippen LogP contribution is 2.22. The summed E-state index contributed by atoms with van der Waals surface area (Å²) in [6.45, 7) is 2.29. The van der Waals surface area contributed by atoms with Crippen molar-refractivity contribution in [3.8, 4) is 0 Å². The molecule has 1 aromatic rings. The van der Waals surface area contributed by atoms with Crippen molar-refractivity contribution in [3.63, 3.8) is 0 Å². The summed E-state index contributed by atoms with van der Waals surface area (Å²) in [5, 5.41) is 0. The molecule has 5 nitrogen and oxygen atoms in total. The highest BCUT2D eigenvalue weighted by atomic mass is 32.2. The Bertz CT molecular complexity index is 535. The van der Waals surface area contributed by atoms with E-state index in [-0.39, 0.29) is 11.0 Å². The summed E-state index contributed by atoms with van der Waals surface area (Å²) in [4.78, 5) is 13.2. The van der Waals surface area contributed by atoms with Gasteiger partial charge in [0.25, 0.3) is 0 Å². The van der Waals surface area contributed by atoms with Crippen molar-refractivity contribution in [3.05, 3.63) is 24.3 Å². The van der Waals surface area contributed by atoms with E-state index in [1.807, 2.05) is 6.92 Å². The third-order valence-electron chi connectivity index (χ3n) is 2.54. The standard InChI is InChI=1S/C11H13NO4S/c1-8-7-12(11(13)16-8)9-3-5-10(6-4-9)17(2,14)15/h3-6,8H,7H2,1-2H3/t8-/m0/s1. The summed E-state index contributed by atoms with van der Waals surface area (Å²) in [5.41, 5.74) is 0.645. The molecular weight excluding hydrogens is 242 g/mol. The van der Waals surface area contributed by atoms with Gasteiger partial charge in [0.1, 0.15) is 6.10 Å². The monoisotopic (exact) mass is 255 g/mol. The molecule has 1 atom stereocenters. The number of hydrogen-bond donors (Lipinski definition) is 0. The van der Waals surface area contributed by atoms with E-state index in [0.29, 0.717) is 12.2 Å². The number of cyclic esters (lactones) is 1. The van der Waals surface area contributed by atoms with Crippen LogP contribution in [0.2, 0.25) is 0 Å². The average molecular weight is 255 g/mol. The Hall–Kier alpha value is -1.56. The zero-order chi connectivity index (χ0) is 12.6. The van der Waals surface area contributed by atoms with Gasteiger partial charge in [0.05, 0.1) is 11.4 Å². The van der Waals surface area contributed by atoms with Gasteiger partial charge >= 0.3 is 6.09 Å². The molecule has 0 saturated carbocycles. The molecule has 0 radical (unpaired) electrons. The van der Waals surface area contributed by atoms with Crippen LogP contribution >= 0.6 is 0 Å². The zero-order valence-corrected chi connectivity index (χ0v) is 10.4. The second-order valence-corrected chi connectivity index (χ2v) is 6.09. The molecule has 92 valence electrons. The molecule has 0 unspecified atom stereocenters. The summed E-state index contributed by atoms with van der Waals surface area (Å²) >= 11 is 0. The number of carbonyl (C=O) groups excluding carboxylic acids is 1. The topological polar surface area (TPSA) is 63.7 Å². The van der Waals surface area contributed by atoms with Crippen molar-refractivity contribution in [1.29, 1.82) is 0 Å². The van der Waals surface area contributed by atoms with E-state index < -0.39 is 15.9 Å². The minimum Gasteiger partial charge on any atom is -0.444 e. The minimum absolute atomic E-state index is 0.142. The van der Waals surface area contributed by atoms with Crippen LogP contribution in [0.3, 0.4) is 0 Å². The van der Waals surface area contributed by atoms with Crippen LogP contribution in [0.4, 0.5) is 10.5 Å². The molecule has 1 saturated heterocycles. The number of amides is 1. The van der Waals surface area contributed by atoms with Gasteiger partial charge in [0.2, 0.25) is 0 Å². The van der Waals surface area contributed by atoms with E-state index in [1.54, 1.807) is 12.1 Å². The maximum absolute atomic E-state index is 11.5. The predicted molar refractivity (Wildman–Crippen MR) is 62.8 cm³/mol. The van der Waals surface area contributed by atoms with Gasteiger partial charge in [-0.25, -0.2) is 13.2 Å². The van der Waals surface area contributed by atoms with Crippen LogP contribution in [-0.4, -0.2) is 33.4 Å². The van der Waals surface area contributed by atoms with Crippen LogP contribution in [0.25, 0.3) is 0 Å². The lowest BCUT2D eigenvalue weighted by atomic mass is 10.3. The minimum atomic E-state index is -3.20. The van der Waals surface area contributed by atoms with Gasteiger partial charge in [0, 0.05) is 11.9 Å². The number of sulfone groups is 1. The lowest BCUT2D eigenvalue weighted by Crippen LogP contribution is -2.23. The maximum atomic E-state index is 11.5. The molecule has 1 aliphatic rings. The molecular formula is C11H13NO4S. The third-order valence-corrected chi connectivity index (χ3v) is 3.67. The number of hydrogen-bond acceptors (Lipinski definition) is 4. The molecule has 6 heteroatoms. The summed E-state index contributed by atoms with van der Waals surface area (Å²) in [6, 6.07) is 6.19. The smallest absolute Gasteiger partial charge is 0.414 e.